The summed E-state index contributed by atoms with van der Waals surface area (Å²) in [5.41, 5.74) is 7.90. The zero-order valence-corrected chi connectivity index (χ0v) is 11.1. The highest BCUT2D eigenvalue weighted by Gasteiger charge is 2.25. The third-order valence-corrected chi connectivity index (χ3v) is 3.94. The van der Waals surface area contributed by atoms with Crippen LogP contribution in [0.5, 0.6) is 0 Å². The second-order valence-corrected chi connectivity index (χ2v) is 5.56. The number of nitrogens with one attached hydrogen (secondary N) is 1. The van der Waals surface area contributed by atoms with Crippen LogP contribution < -0.4 is 11.1 Å². The molecule has 0 amide bonds. The number of nitriles is 1. The molecule has 3 nitrogen and oxygen atoms in total. The molecule has 18 heavy (non-hydrogen) atoms. The van der Waals surface area contributed by atoms with Gasteiger partial charge in [-0.25, -0.2) is 0 Å². The Labute approximate surface area is 109 Å². The van der Waals surface area contributed by atoms with E-state index in [0.29, 0.717) is 23.2 Å². The van der Waals surface area contributed by atoms with Crippen LogP contribution in [0.4, 0.5) is 11.4 Å². The van der Waals surface area contributed by atoms with Crippen molar-refractivity contribution in [1.82, 2.24) is 0 Å². The fraction of sp³-hybridized carbons (Fsp3) is 0.533. The van der Waals surface area contributed by atoms with Crippen molar-refractivity contribution in [2.75, 3.05) is 11.1 Å². The highest BCUT2D eigenvalue weighted by Crippen LogP contribution is 2.31. The molecule has 1 aliphatic rings. The topological polar surface area (TPSA) is 61.8 Å². The summed E-state index contributed by atoms with van der Waals surface area (Å²) >= 11 is 0. The summed E-state index contributed by atoms with van der Waals surface area (Å²) in [4.78, 5) is 0. The van der Waals surface area contributed by atoms with Crippen molar-refractivity contribution in [2.45, 2.75) is 39.2 Å². The van der Waals surface area contributed by atoms with Crippen LogP contribution in [0.1, 0.15) is 38.7 Å². The molecule has 1 fully saturated rings. The van der Waals surface area contributed by atoms with E-state index in [2.05, 4.69) is 25.2 Å². The Morgan fingerprint density at radius 1 is 1.33 bits per heavy atom. The number of rotatable bonds is 2. The molecule has 96 valence electrons. The molecule has 0 spiro atoms. The van der Waals surface area contributed by atoms with Crippen molar-refractivity contribution >= 4 is 11.4 Å². The molecule has 0 saturated heterocycles. The molecule has 1 aliphatic carbocycles. The average Bonchev–Trinajstić information content (AvgIpc) is 2.34. The maximum Gasteiger partial charge on any atom is 0.101 e. The number of anilines is 2. The van der Waals surface area contributed by atoms with Gasteiger partial charge >= 0.3 is 0 Å². The molecule has 1 aromatic rings. The lowest BCUT2D eigenvalue weighted by Gasteiger charge is -2.34. The van der Waals surface area contributed by atoms with E-state index in [0.717, 1.165) is 11.6 Å². The third-order valence-electron chi connectivity index (χ3n) is 3.94. The Balaban J connectivity index is 2.12. The Morgan fingerprint density at radius 3 is 2.78 bits per heavy atom. The minimum absolute atomic E-state index is 0.469. The lowest BCUT2D eigenvalue weighted by Crippen LogP contribution is -2.33. The highest BCUT2D eigenvalue weighted by atomic mass is 14.9. The van der Waals surface area contributed by atoms with E-state index < -0.39 is 0 Å². The van der Waals surface area contributed by atoms with Gasteiger partial charge in [-0.1, -0.05) is 13.8 Å². The summed E-state index contributed by atoms with van der Waals surface area (Å²) in [6.45, 7) is 4.60. The second kappa shape index (κ2) is 5.30. The van der Waals surface area contributed by atoms with Crippen molar-refractivity contribution < 1.29 is 0 Å². The van der Waals surface area contributed by atoms with Crippen molar-refractivity contribution in [1.29, 1.82) is 5.26 Å². The lowest BCUT2D eigenvalue weighted by molar-refractivity contribution is 0.276. The first kappa shape index (κ1) is 12.8. The van der Waals surface area contributed by atoms with E-state index >= 15 is 0 Å². The van der Waals surface area contributed by atoms with Crippen LogP contribution in [0.25, 0.3) is 0 Å². The normalized spacial score (nSPS) is 27.5. The summed E-state index contributed by atoms with van der Waals surface area (Å²) < 4.78 is 0. The SMILES string of the molecule is CC1CCC(Nc2ccc(N)cc2C#N)C(C)C1. The van der Waals surface area contributed by atoms with E-state index in [1.54, 1.807) is 6.07 Å². The van der Waals surface area contributed by atoms with Gasteiger partial charge in [0.25, 0.3) is 0 Å². The van der Waals surface area contributed by atoms with Gasteiger partial charge in [-0.15, -0.1) is 0 Å². The van der Waals surface area contributed by atoms with Gasteiger partial charge in [0.1, 0.15) is 6.07 Å². The van der Waals surface area contributed by atoms with Crippen molar-refractivity contribution in [3.8, 4) is 6.07 Å². The van der Waals surface area contributed by atoms with Crippen molar-refractivity contribution in [3.63, 3.8) is 0 Å². The van der Waals surface area contributed by atoms with Gasteiger partial charge < -0.3 is 11.1 Å². The Bertz CT molecular complexity index is 461. The van der Waals surface area contributed by atoms with Gasteiger partial charge in [-0.2, -0.15) is 5.26 Å². The van der Waals surface area contributed by atoms with E-state index in [-0.39, 0.29) is 0 Å². The molecule has 1 aromatic carbocycles. The average molecular weight is 243 g/mol. The zero-order chi connectivity index (χ0) is 13.1. The number of nitrogens with two attached hydrogens (primary N) is 1. The molecular formula is C15H21N3. The summed E-state index contributed by atoms with van der Waals surface area (Å²) in [6.07, 6.45) is 3.70. The van der Waals surface area contributed by atoms with Gasteiger partial charge in [0.2, 0.25) is 0 Å². The summed E-state index contributed by atoms with van der Waals surface area (Å²) in [7, 11) is 0. The molecule has 0 radical (unpaired) electrons. The van der Waals surface area contributed by atoms with Crippen LogP contribution in [0.15, 0.2) is 18.2 Å². The smallest absolute Gasteiger partial charge is 0.101 e. The van der Waals surface area contributed by atoms with E-state index in [4.69, 9.17) is 11.0 Å². The van der Waals surface area contributed by atoms with E-state index in [1.807, 2.05) is 12.1 Å². The van der Waals surface area contributed by atoms with Gasteiger partial charge in [0, 0.05) is 11.7 Å². The van der Waals surface area contributed by atoms with Gasteiger partial charge in [-0.05, 0) is 49.3 Å². The van der Waals surface area contributed by atoms with Crippen LogP contribution in [0, 0.1) is 23.2 Å². The van der Waals surface area contributed by atoms with Gasteiger partial charge in [-0.3, -0.25) is 0 Å². The minimum Gasteiger partial charge on any atom is -0.399 e. The van der Waals surface area contributed by atoms with E-state index in [1.165, 1.54) is 19.3 Å². The van der Waals surface area contributed by atoms with Crippen LogP contribution >= 0.6 is 0 Å². The van der Waals surface area contributed by atoms with Gasteiger partial charge in [0.05, 0.1) is 11.3 Å². The predicted octanol–water partition coefficient (Wildman–Crippen LogP) is 3.38. The predicted molar refractivity (Wildman–Crippen MR) is 75.2 cm³/mol. The molecule has 2 rings (SSSR count). The number of benzene rings is 1. The minimum atomic E-state index is 0.469. The van der Waals surface area contributed by atoms with Crippen LogP contribution in [0.3, 0.4) is 0 Å². The quantitative estimate of drug-likeness (QED) is 0.783. The summed E-state index contributed by atoms with van der Waals surface area (Å²) in [6, 6.07) is 8.17. The third kappa shape index (κ3) is 2.76. The molecule has 3 heteroatoms. The molecule has 0 bridgehead atoms. The standard InChI is InChI=1S/C15H21N3/c1-10-3-5-14(11(2)7-10)18-15-6-4-13(17)8-12(15)9-16/h4,6,8,10-11,14,18H,3,5,7,17H2,1-2H3. The fourth-order valence-corrected chi connectivity index (χ4v) is 2.86. The molecule has 3 atom stereocenters. The highest BCUT2D eigenvalue weighted by molar-refractivity contribution is 5.63. The molecule has 0 heterocycles. The first-order valence-electron chi connectivity index (χ1n) is 6.66. The monoisotopic (exact) mass is 243 g/mol. The summed E-state index contributed by atoms with van der Waals surface area (Å²) in [5.74, 6) is 1.47. The van der Waals surface area contributed by atoms with Crippen LogP contribution in [0.2, 0.25) is 0 Å². The molecule has 0 aliphatic heterocycles. The number of nitrogens with zero attached hydrogens (tertiary/aromatic N) is 1. The number of nitrogen functional groups attached to an aromatic ring is 1. The Hall–Kier alpha value is -1.69. The van der Waals surface area contributed by atoms with Crippen molar-refractivity contribution in [2.24, 2.45) is 11.8 Å². The first-order chi connectivity index (χ1) is 8.60. The summed E-state index contributed by atoms with van der Waals surface area (Å²) in [5, 5.41) is 12.7. The lowest BCUT2D eigenvalue weighted by atomic mass is 9.80. The fourth-order valence-electron chi connectivity index (χ4n) is 2.86. The van der Waals surface area contributed by atoms with Crippen LogP contribution in [-0.2, 0) is 0 Å². The largest absolute Gasteiger partial charge is 0.399 e. The van der Waals surface area contributed by atoms with E-state index in [9.17, 15) is 0 Å². The molecule has 3 N–H and O–H groups in total. The number of hydrogen-bond donors (Lipinski definition) is 2. The maximum atomic E-state index is 9.13. The van der Waals surface area contributed by atoms with Crippen molar-refractivity contribution in [3.05, 3.63) is 23.8 Å². The molecule has 3 unspecified atom stereocenters. The Morgan fingerprint density at radius 2 is 2.11 bits per heavy atom. The van der Waals surface area contributed by atoms with Gasteiger partial charge in [0.15, 0.2) is 0 Å². The maximum absolute atomic E-state index is 9.13. The Kier molecular flexibility index (Phi) is 3.76. The zero-order valence-electron chi connectivity index (χ0n) is 11.1. The molecule has 0 aromatic heterocycles. The second-order valence-electron chi connectivity index (χ2n) is 5.56. The molecule has 1 saturated carbocycles. The van der Waals surface area contributed by atoms with Crippen LogP contribution in [-0.4, -0.2) is 6.04 Å². The number of hydrogen-bond acceptors (Lipinski definition) is 3. The molecular weight excluding hydrogens is 222 g/mol. The first-order valence-corrected chi connectivity index (χ1v) is 6.66.